The second-order valence-electron chi connectivity index (χ2n) is 7.72. The van der Waals surface area contributed by atoms with Crippen LogP contribution in [0.2, 0.25) is 0 Å². The predicted molar refractivity (Wildman–Crippen MR) is 117 cm³/mol. The SMILES string of the molecule is Cc1nc(C)n(C(C)Cc2cc(=O)n3[nH]c(-c4ccc5ccccc5c4)cc3n2)n1. The average molecular weight is 398 g/mol. The summed E-state index contributed by atoms with van der Waals surface area (Å²) in [6, 6.07) is 18.0. The molecule has 2 aromatic carbocycles. The standard InChI is InChI=1S/C23H22N6O/c1-14(28-16(3)24-15(2)26-28)10-20-12-23(30)29-22(25-20)13-21(27-29)19-9-8-17-6-4-5-7-18(17)11-19/h4-9,11-14,27H,10H2,1-3H3. The van der Waals surface area contributed by atoms with Crippen LogP contribution in [0, 0.1) is 13.8 Å². The highest BCUT2D eigenvalue weighted by Gasteiger charge is 2.14. The van der Waals surface area contributed by atoms with Crippen molar-refractivity contribution in [1.29, 1.82) is 0 Å². The van der Waals surface area contributed by atoms with Crippen LogP contribution in [0.25, 0.3) is 27.7 Å². The molecule has 1 unspecified atom stereocenters. The van der Waals surface area contributed by atoms with Crippen molar-refractivity contribution < 1.29 is 0 Å². The summed E-state index contributed by atoms with van der Waals surface area (Å²) in [6.07, 6.45) is 0.603. The largest absolute Gasteiger partial charge is 0.289 e. The van der Waals surface area contributed by atoms with E-state index in [2.05, 4.69) is 52.4 Å². The molecule has 3 heterocycles. The lowest BCUT2D eigenvalue weighted by Gasteiger charge is -2.12. The molecule has 5 rings (SSSR count). The van der Waals surface area contributed by atoms with Gasteiger partial charge in [0.25, 0.3) is 5.56 Å². The van der Waals surface area contributed by atoms with Gasteiger partial charge in [-0.3, -0.25) is 9.89 Å². The Balaban J connectivity index is 1.51. The molecule has 0 amide bonds. The van der Waals surface area contributed by atoms with Crippen LogP contribution in [-0.2, 0) is 6.42 Å². The summed E-state index contributed by atoms with van der Waals surface area (Å²) in [5, 5.41) is 9.97. The Morgan fingerprint density at radius 1 is 1.00 bits per heavy atom. The van der Waals surface area contributed by atoms with Crippen molar-refractivity contribution in [1.82, 2.24) is 29.4 Å². The van der Waals surface area contributed by atoms with Gasteiger partial charge in [-0.05, 0) is 37.6 Å². The summed E-state index contributed by atoms with van der Waals surface area (Å²) in [4.78, 5) is 21.8. The summed E-state index contributed by atoms with van der Waals surface area (Å²) in [6.45, 7) is 5.87. The van der Waals surface area contributed by atoms with Gasteiger partial charge in [0.1, 0.15) is 11.6 Å². The third-order valence-electron chi connectivity index (χ3n) is 5.39. The van der Waals surface area contributed by atoms with Crippen LogP contribution < -0.4 is 5.56 Å². The number of fused-ring (bicyclic) bond motifs is 2. The molecule has 0 bridgehead atoms. The number of hydrogen-bond donors (Lipinski definition) is 1. The molecule has 0 radical (unpaired) electrons. The van der Waals surface area contributed by atoms with Crippen LogP contribution in [0.4, 0.5) is 0 Å². The van der Waals surface area contributed by atoms with E-state index in [4.69, 9.17) is 4.98 Å². The lowest BCUT2D eigenvalue weighted by atomic mass is 10.1. The molecule has 30 heavy (non-hydrogen) atoms. The first kappa shape index (κ1) is 18.3. The van der Waals surface area contributed by atoms with Gasteiger partial charge < -0.3 is 0 Å². The normalized spacial score (nSPS) is 12.6. The molecule has 5 aromatic rings. The number of benzene rings is 2. The number of nitrogens with zero attached hydrogens (tertiary/aromatic N) is 5. The molecule has 7 nitrogen and oxygen atoms in total. The highest BCUT2D eigenvalue weighted by atomic mass is 16.1. The smallest absolute Gasteiger partial charge is 0.272 e. The first-order valence-corrected chi connectivity index (χ1v) is 9.98. The number of aromatic amines is 1. The van der Waals surface area contributed by atoms with Gasteiger partial charge in [-0.15, -0.1) is 0 Å². The summed E-state index contributed by atoms with van der Waals surface area (Å²) in [5.41, 5.74) is 3.10. The fraction of sp³-hybridized carbons (Fsp3) is 0.217. The van der Waals surface area contributed by atoms with Crippen molar-refractivity contribution in [3.63, 3.8) is 0 Å². The molecule has 7 heteroatoms. The molecule has 150 valence electrons. The summed E-state index contributed by atoms with van der Waals surface area (Å²) < 4.78 is 3.38. The molecular weight excluding hydrogens is 376 g/mol. The number of nitrogens with one attached hydrogen (secondary N) is 1. The number of aryl methyl sites for hydroxylation is 2. The topological polar surface area (TPSA) is 80.9 Å². The Labute approximate surface area is 173 Å². The molecule has 0 spiro atoms. The van der Waals surface area contributed by atoms with E-state index in [9.17, 15) is 4.79 Å². The highest BCUT2D eigenvalue weighted by molar-refractivity contribution is 5.87. The van der Waals surface area contributed by atoms with Crippen LogP contribution in [-0.4, -0.2) is 29.4 Å². The van der Waals surface area contributed by atoms with Gasteiger partial charge in [0.05, 0.1) is 17.4 Å². The number of H-pyrrole nitrogens is 1. The number of aromatic nitrogens is 6. The molecule has 0 aliphatic carbocycles. The van der Waals surface area contributed by atoms with E-state index in [1.54, 1.807) is 6.07 Å². The molecule has 0 fully saturated rings. The van der Waals surface area contributed by atoms with Gasteiger partial charge in [-0.2, -0.15) is 5.10 Å². The Kier molecular flexibility index (Phi) is 4.24. The van der Waals surface area contributed by atoms with Gasteiger partial charge in [-0.25, -0.2) is 19.2 Å². The second-order valence-corrected chi connectivity index (χ2v) is 7.72. The molecule has 0 saturated carbocycles. The Morgan fingerprint density at radius 3 is 2.57 bits per heavy atom. The van der Waals surface area contributed by atoms with Gasteiger partial charge >= 0.3 is 0 Å². The Bertz CT molecular complexity index is 1440. The predicted octanol–water partition coefficient (Wildman–Crippen LogP) is 3.85. The molecule has 0 aliphatic rings. The van der Waals surface area contributed by atoms with Gasteiger partial charge in [-0.1, -0.05) is 36.4 Å². The zero-order chi connectivity index (χ0) is 20.8. The maximum absolute atomic E-state index is 12.7. The summed E-state index contributed by atoms with van der Waals surface area (Å²) in [7, 11) is 0. The van der Waals surface area contributed by atoms with Gasteiger partial charge in [0.2, 0.25) is 0 Å². The molecular formula is C23H22N6O. The molecule has 1 atom stereocenters. The quantitative estimate of drug-likeness (QED) is 0.499. The van der Waals surface area contributed by atoms with Crippen molar-refractivity contribution in [2.24, 2.45) is 0 Å². The molecule has 0 aliphatic heterocycles. The third-order valence-corrected chi connectivity index (χ3v) is 5.39. The van der Waals surface area contributed by atoms with E-state index in [1.807, 2.05) is 36.7 Å². The van der Waals surface area contributed by atoms with Gasteiger partial charge in [0.15, 0.2) is 5.65 Å². The van der Waals surface area contributed by atoms with Crippen LogP contribution in [0.5, 0.6) is 0 Å². The summed E-state index contributed by atoms with van der Waals surface area (Å²) >= 11 is 0. The van der Waals surface area contributed by atoms with E-state index < -0.39 is 0 Å². The minimum Gasteiger partial charge on any atom is -0.289 e. The zero-order valence-corrected chi connectivity index (χ0v) is 17.1. The van der Waals surface area contributed by atoms with Crippen LogP contribution in [0.15, 0.2) is 59.4 Å². The maximum Gasteiger partial charge on any atom is 0.272 e. The van der Waals surface area contributed by atoms with E-state index >= 15 is 0 Å². The fourth-order valence-corrected chi connectivity index (χ4v) is 3.99. The third kappa shape index (κ3) is 3.18. The zero-order valence-electron chi connectivity index (χ0n) is 17.1. The van der Waals surface area contributed by atoms with Crippen LogP contribution in [0.3, 0.4) is 0 Å². The van der Waals surface area contributed by atoms with Crippen molar-refractivity contribution >= 4 is 16.4 Å². The molecule has 1 N–H and O–H groups in total. The lowest BCUT2D eigenvalue weighted by Crippen LogP contribution is -2.18. The van der Waals surface area contributed by atoms with E-state index in [0.29, 0.717) is 12.1 Å². The van der Waals surface area contributed by atoms with E-state index in [0.717, 1.165) is 34.0 Å². The number of hydrogen-bond acceptors (Lipinski definition) is 4. The monoisotopic (exact) mass is 398 g/mol. The molecule has 0 saturated heterocycles. The second kappa shape index (κ2) is 6.95. The first-order valence-electron chi connectivity index (χ1n) is 9.98. The van der Waals surface area contributed by atoms with E-state index in [-0.39, 0.29) is 11.6 Å². The van der Waals surface area contributed by atoms with Gasteiger partial charge in [0, 0.05) is 24.1 Å². The van der Waals surface area contributed by atoms with Crippen molar-refractivity contribution in [2.45, 2.75) is 33.2 Å². The Hall–Kier alpha value is -3.74. The highest BCUT2D eigenvalue weighted by Crippen LogP contribution is 2.24. The first-order chi connectivity index (χ1) is 14.5. The minimum atomic E-state index is -0.124. The van der Waals surface area contributed by atoms with Crippen molar-refractivity contribution in [3.8, 4) is 11.3 Å². The van der Waals surface area contributed by atoms with Crippen LogP contribution >= 0.6 is 0 Å². The fourth-order valence-electron chi connectivity index (χ4n) is 3.99. The number of rotatable bonds is 4. The average Bonchev–Trinajstić information content (AvgIpc) is 3.30. The van der Waals surface area contributed by atoms with Crippen molar-refractivity contribution in [2.75, 3.05) is 0 Å². The minimum absolute atomic E-state index is 0.0550. The maximum atomic E-state index is 12.7. The lowest BCUT2D eigenvalue weighted by molar-refractivity contribution is 0.469. The summed E-state index contributed by atoms with van der Waals surface area (Å²) in [5.74, 6) is 1.60. The van der Waals surface area contributed by atoms with Crippen molar-refractivity contribution in [3.05, 3.63) is 82.3 Å². The molecule has 3 aromatic heterocycles. The Morgan fingerprint density at radius 2 is 1.80 bits per heavy atom. The van der Waals surface area contributed by atoms with E-state index in [1.165, 1.54) is 9.90 Å². The van der Waals surface area contributed by atoms with Crippen LogP contribution in [0.1, 0.15) is 30.3 Å².